The minimum absolute atomic E-state index is 0.546. The second-order valence-electron chi connectivity index (χ2n) is 5.91. The Hall–Kier alpha value is -2.28. The van der Waals surface area contributed by atoms with Gasteiger partial charge in [0.2, 0.25) is 0 Å². The highest BCUT2D eigenvalue weighted by Gasteiger charge is 2.19. The molecule has 0 saturated heterocycles. The van der Waals surface area contributed by atoms with E-state index in [0.29, 0.717) is 12.5 Å². The van der Waals surface area contributed by atoms with Gasteiger partial charge in [-0.25, -0.2) is 0 Å². The topological polar surface area (TPSA) is 9.23 Å². The van der Waals surface area contributed by atoms with E-state index in [-0.39, 0.29) is 0 Å². The maximum absolute atomic E-state index is 5.62. The van der Waals surface area contributed by atoms with Crippen molar-refractivity contribution in [3.05, 3.63) is 84.0 Å². The molecule has 0 spiro atoms. The molecule has 2 aromatic carbocycles. The van der Waals surface area contributed by atoms with Gasteiger partial charge in [0.1, 0.15) is 12.4 Å². The van der Waals surface area contributed by atoms with E-state index in [2.05, 4.69) is 62.0 Å². The van der Waals surface area contributed by atoms with Crippen LogP contribution in [0.5, 0.6) is 5.75 Å². The van der Waals surface area contributed by atoms with Crippen molar-refractivity contribution in [2.24, 2.45) is 5.92 Å². The van der Waals surface area contributed by atoms with Crippen molar-refractivity contribution in [1.82, 2.24) is 0 Å². The Morgan fingerprint density at radius 3 is 2.55 bits per heavy atom. The van der Waals surface area contributed by atoms with Crippen LogP contribution < -0.4 is 4.74 Å². The standard InChI is InChI=1S/C21H22O/c1-3-11-22-21-10-6-9-18(15-21)16(2)12-17-13-19-7-4-5-8-20(19)14-17/h3-10,12,15,17H,1,11,13-14H2,2H3/b16-12+. The van der Waals surface area contributed by atoms with Crippen molar-refractivity contribution >= 4 is 5.57 Å². The second-order valence-corrected chi connectivity index (χ2v) is 5.91. The molecule has 2 aromatic rings. The van der Waals surface area contributed by atoms with Crippen molar-refractivity contribution in [3.8, 4) is 5.75 Å². The van der Waals surface area contributed by atoms with Crippen LogP contribution in [0.15, 0.2) is 67.3 Å². The van der Waals surface area contributed by atoms with Gasteiger partial charge < -0.3 is 4.74 Å². The predicted octanol–water partition coefficient (Wildman–Crippen LogP) is 5.07. The van der Waals surface area contributed by atoms with Gasteiger partial charge in [0.15, 0.2) is 0 Å². The smallest absolute Gasteiger partial charge is 0.120 e. The Morgan fingerprint density at radius 2 is 1.86 bits per heavy atom. The molecule has 1 heteroatoms. The predicted molar refractivity (Wildman–Crippen MR) is 93.1 cm³/mol. The maximum Gasteiger partial charge on any atom is 0.120 e. The third-order valence-corrected chi connectivity index (χ3v) is 4.23. The van der Waals surface area contributed by atoms with Gasteiger partial charge in [0.25, 0.3) is 0 Å². The highest BCUT2D eigenvalue weighted by molar-refractivity contribution is 5.65. The molecule has 22 heavy (non-hydrogen) atoms. The van der Waals surface area contributed by atoms with E-state index in [9.17, 15) is 0 Å². The number of benzene rings is 2. The van der Waals surface area contributed by atoms with Crippen LogP contribution >= 0.6 is 0 Å². The molecule has 0 heterocycles. The number of allylic oxidation sites excluding steroid dienone is 2. The van der Waals surface area contributed by atoms with E-state index in [1.807, 2.05) is 6.07 Å². The monoisotopic (exact) mass is 290 g/mol. The van der Waals surface area contributed by atoms with Crippen LogP contribution in [0.4, 0.5) is 0 Å². The molecule has 0 saturated carbocycles. The van der Waals surface area contributed by atoms with Gasteiger partial charge in [-0.1, -0.05) is 55.1 Å². The quantitative estimate of drug-likeness (QED) is 0.699. The van der Waals surface area contributed by atoms with Gasteiger partial charge in [-0.15, -0.1) is 0 Å². The summed E-state index contributed by atoms with van der Waals surface area (Å²) in [5.41, 5.74) is 5.55. The molecule has 1 aliphatic carbocycles. The first-order chi connectivity index (χ1) is 10.8. The summed E-state index contributed by atoms with van der Waals surface area (Å²) in [6.45, 7) is 6.42. The Kier molecular flexibility index (Phi) is 4.43. The zero-order valence-corrected chi connectivity index (χ0v) is 13.1. The van der Waals surface area contributed by atoms with Crippen LogP contribution in [-0.4, -0.2) is 6.61 Å². The lowest BCUT2D eigenvalue weighted by molar-refractivity contribution is 0.363. The summed E-state index contributed by atoms with van der Waals surface area (Å²) in [5.74, 6) is 1.51. The molecule has 0 amide bonds. The fourth-order valence-corrected chi connectivity index (χ4v) is 3.15. The number of rotatable bonds is 5. The van der Waals surface area contributed by atoms with Crippen molar-refractivity contribution in [2.45, 2.75) is 19.8 Å². The van der Waals surface area contributed by atoms with Crippen LogP contribution in [0.3, 0.4) is 0 Å². The van der Waals surface area contributed by atoms with Crippen LogP contribution in [0.25, 0.3) is 5.57 Å². The molecule has 0 radical (unpaired) electrons. The van der Waals surface area contributed by atoms with E-state index >= 15 is 0 Å². The first-order valence-corrected chi connectivity index (χ1v) is 7.85. The third-order valence-electron chi connectivity index (χ3n) is 4.23. The molecule has 1 aliphatic rings. The summed E-state index contributed by atoms with van der Waals surface area (Å²) in [6.07, 6.45) is 6.48. The summed E-state index contributed by atoms with van der Waals surface area (Å²) >= 11 is 0. The largest absolute Gasteiger partial charge is 0.490 e. The van der Waals surface area contributed by atoms with Gasteiger partial charge in [0, 0.05) is 0 Å². The molecule has 0 bridgehead atoms. The molecular weight excluding hydrogens is 268 g/mol. The van der Waals surface area contributed by atoms with Gasteiger partial charge in [-0.2, -0.15) is 0 Å². The van der Waals surface area contributed by atoms with Crippen LogP contribution in [0.2, 0.25) is 0 Å². The summed E-state index contributed by atoms with van der Waals surface area (Å²) in [4.78, 5) is 0. The molecule has 0 fully saturated rings. The maximum atomic E-state index is 5.62. The first kappa shape index (κ1) is 14.6. The molecule has 0 N–H and O–H groups in total. The highest BCUT2D eigenvalue weighted by atomic mass is 16.5. The summed E-state index contributed by atoms with van der Waals surface area (Å²) in [7, 11) is 0. The second kappa shape index (κ2) is 6.65. The molecule has 0 aromatic heterocycles. The molecule has 1 nitrogen and oxygen atoms in total. The van der Waals surface area contributed by atoms with Gasteiger partial charge >= 0.3 is 0 Å². The first-order valence-electron chi connectivity index (χ1n) is 7.85. The SMILES string of the molecule is C=CCOc1cccc(/C(C)=C/C2Cc3ccccc3C2)c1. The van der Waals surface area contributed by atoms with E-state index in [1.54, 1.807) is 6.08 Å². The molecule has 112 valence electrons. The molecular formula is C21H22O. The minimum Gasteiger partial charge on any atom is -0.490 e. The van der Waals surface area contributed by atoms with Crippen molar-refractivity contribution in [3.63, 3.8) is 0 Å². The lowest BCUT2D eigenvalue weighted by Gasteiger charge is -2.09. The van der Waals surface area contributed by atoms with Gasteiger partial charge in [0.05, 0.1) is 0 Å². The average Bonchev–Trinajstić information content (AvgIpc) is 2.95. The van der Waals surface area contributed by atoms with Crippen LogP contribution in [0, 0.1) is 5.92 Å². The number of ether oxygens (including phenoxy) is 1. The summed E-state index contributed by atoms with van der Waals surface area (Å²) < 4.78 is 5.62. The number of hydrogen-bond acceptors (Lipinski definition) is 1. The van der Waals surface area contributed by atoms with E-state index in [0.717, 1.165) is 18.6 Å². The molecule has 0 atom stereocenters. The highest BCUT2D eigenvalue weighted by Crippen LogP contribution is 2.30. The van der Waals surface area contributed by atoms with Crippen molar-refractivity contribution in [2.75, 3.05) is 6.61 Å². The van der Waals surface area contributed by atoms with Crippen LogP contribution in [-0.2, 0) is 12.8 Å². The van der Waals surface area contributed by atoms with Gasteiger partial charge in [-0.05, 0) is 60.1 Å². The van der Waals surface area contributed by atoms with Crippen LogP contribution in [0.1, 0.15) is 23.6 Å². The zero-order chi connectivity index (χ0) is 15.4. The molecule has 0 aliphatic heterocycles. The third kappa shape index (κ3) is 3.30. The fraction of sp³-hybridized carbons (Fsp3) is 0.238. The molecule has 0 unspecified atom stereocenters. The van der Waals surface area contributed by atoms with Crippen molar-refractivity contribution in [1.29, 1.82) is 0 Å². The number of hydrogen-bond donors (Lipinski definition) is 0. The van der Waals surface area contributed by atoms with E-state index in [1.165, 1.54) is 22.3 Å². The van der Waals surface area contributed by atoms with E-state index in [4.69, 9.17) is 4.74 Å². The Balaban J connectivity index is 1.74. The minimum atomic E-state index is 0.546. The Bertz CT molecular complexity index is 672. The normalized spacial score (nSPS) is 14.7. The summed E-state index contributed by atoms with van der Waals surface area (Å²) in [5, 5.41) is 0. The average molecular weight is 290 g/mol. The Morgan fingerprint density at radius 1 is 1.14 bits per heavy atom. The zero-order valence-electron chi connectivity index (χ0n) is 13.1. The lowest BCUT2D eigenvalue weighted by atomic mass is 9.99. The van der Waals surface area contributed by atoms with E-state index < -0.39 is 0 Å². The Labute approximate surface area is 133 Å². The lowest BCUT2D eigenvalue weighted by Crippen LogP contribution is -1.97. The van der Waals surface area contributed by atoms with Gasteiger partial charge in [-0.3, -0.25) is 0 Å². The molecule has 3 rings (SSSR count). The fourth-order valence-electron chi connectivity index (χ4n) is 3.15. The number of fused-ring (bicyclic) bond motifs is 1. The van der Waals surface area contributed by atoms with Crippen molar-refractivity contribution < 1.29 is 4.74 Å². The summed E-state index contributed by atoms with van der Waals surface area (Å²) in [6, 6.07) is 17.1.